The second kappa shape index (κ2) is 7.91. The largest absolute Gasteiger partial charge is 0.378 e. The van der Waals surface area contributed by atoms with E-state index in [4.69, 9.17) is 0 Å². The summed E-state index contributed by atoms with van der Waals surface area (Å²) < 4.78 is 1.08. The van der Waals surface area contributed by atoms with E-state index in [2.05, 4.69) is 67.0 Å². The van der Waals surface area contributed by atoms with Gasteiger partial charge in [-0.1, -0.05) is 39.4 Å². The van der Waals surface area contributed by atoms with Crippen molar-refractivity contribution in [3.05, 3.63) is 63.6 Å². The Morgan fingerprint density at radius 3 is 2.75 bits per heavy atom. The van der Waals surface area contributed by atoms with E-state index in [1.165, 1.54) is 11.1 Å². The first-order chi connectivity index (χ1) is 13.5. The van der Waals surface area contributed by atoms with Gasteiger partial charge in [-0.3, -0.25) is 9.80 Å². The molecule has 0 saturated carbocycles. The molecule has 1 amide bonds. The number of likely N-dealkylation sites (N-methyl/N-ethyl adjacent to an activating group) is 1. The number of rotatable bonds is 4. The summed E-state index contributed by atoms with van der Waals surface area (Å²) in [6, 6.07) is 15.1. The number of halogens is 1. The predicted octanol–water partition coefficient (Wildman–Crippen LogP) is 4.41. The zero-order valence-corrected chi connectivity index (χ0v) is 17.6. The molecule has 2 heterocycles. The lowest BCUT2D eigenvalue weighted by Gasteiger charge is -2.24. The number of fused-ring (bicyclic) bond motifs is 3. The Bertz CT molecular complexity index is 898. The molecule has 7 heteroatoms. The standard InChI is InChI=1S/C21H24BrN5O/c1-13-21-17-8-5-15(22)12-18(17)19(9-10-27(21)26-25-13)24-16-6-3-14(4-7-16)11-20(28)23-2/h3-8,12-13,19,21,24H,9-11H2,1-2H3,(H,23,28). The molecule has 4 rings (SSSR count). The third-order valence-corrected chi connectivity index (χ3v) is 5.95. The van der Waals surface area contributed by atoms with Crippen LogP contribution in [0.25, 0.3) is 0 Å². The summed E-state index contributed by atoms with van der Waals surface area (Å²) in [6.45, 7) is 2.98. The van der Waals surface area contributed by atoms with E-state index in [0.717, 1.165) is 28.7 Å². The fourth-order valence-corrected chi connectivity index (χ4v) is 4.38. The average Bonchev–Trinajstić information content (AvgIpc) is 2.99. The predicted molar refractivity (Wildman–Crippen MR) is 113 cm³/mol. The van der Waals surface area contributed by atoms with Crippen LogP contribution in [-0.2, 0) is 11.2 Å². The van der Waals surface area contributed by atoms with Crippen LogP contribution in [0, 0.1) is 0 Å². The number of carbonyl (C=O) groups is 1. The molecule has 146 valence electrons. The van der Waals surface area contributed by atoms with Crippen LogP contribution in [-0.4, -0.2) is 30.6 Å². The van der Waals surface area contributed by atoms with Crippen LogP contribution in [0.1, 0.15) is 42.1 Å². The molecule has 0 bridgehead atoms. The summed E-state index contributed by atoms with van der Waals surface area (Å²) in [5.41, 5.74) is 4.62. The minimum Gasteiger partial charge on any atom is -0.378 e. The van der Waals surface area contributed by atoms with Crippen molar-refractivity contribution in [2.24, 2.45) is 10.3 Å². The van der Waals surface area contributed by atoms with Crippen LogP contribution in [0.2, 0.25) is 0 Å². The Hall–Kier alpha value is -2.41. The fourth-order valence-electron chi connectivity index (χ4n) is 4.00. The van der Waals surface area contributed by atoms with Gasteiger partial charge >= 0.3 is 0 Å². The average molecular weight is 442 g/mol. The van der Waals surface area contributed by atoms with E-state index >= 15 is 0 Å². The van der Waals surface area contributed by atoms with Crippen LogP contribution in [0.4, 0.5) is 5.69 Å². The highest BCUT2D eigenvalue weighted by atomic mass is 79.9. The molecule has 6 nitrogen and oxygen atoms in total. The van der Waals surface area contributed by atoms with Gasteiger partial charge in [0, 0.05) is 23.8 Å². The van der Waals surface area contributed by atoms with Crippen molar-refractivity contribution in [2.45, 2.75) is 37.9 Å². The van der Waals surface area contributed by atoms with E-state index < -0.39 is 0 Å². The first kappa shape index (κ1) is 18.9. The van der Waals surface area contributed by atoms with Gasteiger partial charge in [0.15, 0.2) is 0 Å². The van der Waals surface area contributed by atoms with Gasteiger partial charge in [-0.05, 0) is 54.3 Å². The van der Waals surface area contributed by atoms with E-state index in [9.17, 15) is 4.79 Å². The monoisotopic (exact) mass is 441 g/mol. The highest BCUT2D eigenvalue weighted by Crippen LogP contribution is 2.41. The maximum absolute atomic E-state index is 11.6. The molecule has 0 spiro atoms. The quantitative estimate of drug-likeness (QED) is 0.737. The van der Waals surface area contributed by atoms with Crippen molar-refractivity contribution in [2.75, 3.05) is 18.9 Å². The van der Waals surface area contributed by atoms with Gasteiger partial charge in [0.2, 0.25) is 5.91 Å². The highest BCUT2D eigenvalue weighted by molar-refractivity contribution is 9.10. The van der Waals surface area contributed by atoms with Crippen molar-refractivity contribution in [3.8, 4) is 0 Å². The Morgan fingerprint density at radius 1 is 1.21 bits per heavy atom. The van der Waals surface area contributed by atoms with Gasteiger partial charge in [0.1, 0.15) is 0 Å². The minimum atomic E-state index is 0.0205. The molecule has 2 aromatic rings. The summed E-state index contributed by atoms with van der Waals surface area (Å²) in [7, 11) is 1.66. The van der Waals surface area contributed by atoms with Crippen LogP contribution in [0.15, 0.2) is 57.3 Å². The Kier molecular flexibility index (Phi) is 5.35. The number of carbonyl (C=O) groups excluding carboxylic acids is 1. The number of hydrogen-bond donors (Lipinski definition) is 2. The second-order valence-electron chi connectivity index (χ2n) is 7.36. The van der Waals surface area contributed by atoms with Crippen LogP contribution >= 0.6 is 15.9 Å². The molecule has 0 aliphatic carbocycles. The van der Waals surface area contributed by atoms with Gasteiger partial charge < -0.3 is 10.6 Å². The first-order valence-corrected chi connectivity index (χ1v) is 10.4. The molecular formula is C21H24BrN5O. The van der Waals surface area contributed by atoms with Crippen molar-refractivity contribution in [1.82, 2.24) is 10.3 Å². The van der Waals surface area contributed by atoms with E-state index in [-0.39, 0.29) is 24.0 Å². The summed E-state index contributed by atoms with van der Waals surface area (Å²) >= 11 is 3.63. The third-order valence-electron chi connectivity index (χ3n) is 5.45. The minimum absolute atomic E-state index is 0.0205. The van der Waals surface area contributed by atoms with Crippen molar-refractivity contribution in [1.29, 1.82) is 0 Å². The van der Waals surface area contributed by atoms with Crippen LogP contribution < -0.4 is 10.6 Å². The van der Waals surface area contributed by atoms with Crippen molar-refractivity contribution >= 4 is 27.5 Å². The third kappa shape index (κ3) is 3.76. The maximum atomic E-state index is 11.6. The number of hydrogen-bond acceptors (Lipinski definition) is 5. The maximum Gasteiger partial charge on any atom is 0.224 e. The Labute approximate surface area is 173 Å². The topological polar surface area (TPSA) is 69.1 Å². The second-order valence-corrected chi connectivity index (χ2v) is 8.27. The molecule has 2 aromatic carbocycles. The van der Waals surface area contributed by atoms with Gasteiger partial charge in [0.25, 0.3) is 0 Å². The normalized spacial score (nSPS) is 23.0. The lowest BCUT2D eigenvalue weighted by atomic mass is 9.92. The zero-order chi connectivity index (χ0) is 19.7. The highest BCUT2D eigenvalue weighted by Gasteiger charge is 2.36. The first-order valence-electron chi connectivity index (χ1n) is 9.58. The summed E-state index contributed by atoms with van der Waals surface area (Å²) in [5, 5.41) is 17.2. The number of benzene rings is 2. The molecule has 2 N–H and O–H groups in total. The molecule has 3 unspecified atom stereocenters. The molecule has 0 radical (unpaired) electrons. The van der Waals surface area contributed by atoms with Crippen molar-refractivity contribution in [3.63, 3.8) is 0 Å². The Morgan fingerprint density at radius 2 is 2.00 bits per heavy atom. The molecule has 2 aliphatic rings. The summed E-state index contributed by atoms with van der Waals surface area (Å²) in [5.74, 6) is 0.0205. The Balaban J connectivity index is 1.59. The summed E-state index contributed by atoms with van der Waals surface area (Å²) in [6.07, 6.45) is 1.33. The fraction of sp³-hybridized carbons (Fsp3) is 0.381. The van der Waals surface area contributed by atoms with E-state index in [1.807, 2.05) is 24.3 Å². The molecule has 3 atom stereocenters. The number of nitrogens with zero attached hydrogens (tertiary/aromatic N) is 3. The van der Waals surface area contributed by atoms with Gasteiger partial charge in [-0.25, -0.2) is 0 Å². The lowest BCUT2D eigenvalue weighted by Crippen LogP contribution is -2.25. The number of anilines is 1. The SMILES string of the molecule is CNC(=O)Cc1ccc(NC2CCN3N=NC(C)C3c3ccc(Br)cc32)cc1. The molecule has 28 heavy (non-hydrogen) atoms. The number of nitrogens with one attached hydrogen (secondary N) is 2. The number of amides is 1. The molecule has 0 fully saturated rings. The van der Waals surface area contributed by atoms with Gasteiger partial charge in [0.05, 0.1) is 24.5 Å². The van der Waals surface area contributed by atoms with E-state index in [1.54, 1.807) is 7.05 Å². The molecule has 0 saturated heterocycles. The van der Waals surface area contributed by atoms with Gasteiger partial charge in [-0.2, -0.15) is 5.11 Å². The van der Waals surface area contributed by atoms with Crippen LogP contribution in [0.3, 0.4) is 0 Å². The molecule has 0 aromatic heterocycles. The van der Waals surface area contributed by atoms with Crippen LogP contribution in [0.5, 0.6) is 0 Å². The zero-order valence-electron chi connectivity index (χ0n) is 16.0. The lowest BCUT2D eigenvalue weighted by molar-refractivity contribution is -0.119. The summed E-state index contributed by atoms with van der Waals surface area (Å²) in [4.78, 5) is 11.6. The van der Waals surface area contributed by atoms with Crippen molar-refractivity contribution < 1.29 is 4.79 Å². The smallest absolute Gasteiger partial charge is 0.224 e. The molecular weight excluding hydrogens is 418 g/mol. The molecule has 2 aliphatic heterocycles. The van der Waals surface area contributed by atoms with E-state index in [0.29, 0.717) is 6.42 Å². The van der Waals surface area contributed by atoms with Gasteiger partial charge in [-0.15, -0.1) is 0 Å².